The molecule has 1 aromatic heterocycles. The van der Waals surface area contributed by atoms with Gasteiger partial charge in [0.15, 0.2) is 11.5 Å². The average molecular weight is 451 g/mol. The van der Waals surface area contributed by atoms with E-state index >= 15 is 0 Å². The van der Waals surface area contributed by atoms with Gasteiger partial charge >= 0.3 is 5.97 Å². The molecule has 0 bridgehead atoms. The van der Waals surface area contributed by atoms with Crippen LogP contribution in [-0.2, 0) is 4.79 Å². The van der Waals surface area contributed by atoms with Crippen molar-refractivity contribution in [3.05, 3.63) is 63.6 Å². The van der Waals surface area contributed by atoms with Gasteiger partial charge in [0.25, 0.3) is 0 Å². The Morgan fingerprint density at radius 1 is 1.28 bits per heavy atom. The molecule has 2 N–H and O–H groups in total. The highest BCUT2D eigenvalue weighted by atomic mass is 32.1. The molecule has 6 nitrogen and oxygen atoms in total. The zero-order valence-corrected chi connectivity index (χ0v) is 17.8. The Labute approximate surface area is 187 Å². The molecule has 0 saturated carbocycles. The molecule has 0 spiro atoms. The molecule has 0 fully saturated rings. The normalized spacial score (nSPS) is 14.8. The quantitative estimate of drug-likeness (QED) is 0.529. The van der Waals surface area contributed by atoms with Crippen LogP contribution in [0.4, 0.5) is 10.1 Å². The van der Waals surface area contributed by atoms with Crippen molar-refractivity contribution in [2.45, 2.75) is 12.3 Å². The number of halogens is 1. The third kappa shape index (κ3) is 3.90. The molecule has 2 aromatic carbocycles. The molecule has 0 saturated heterocycles. The molecule has 32 heavy (non-hydrogen) atoms. The number of anilines is 1. The van der Waals surface area contributed by atoms with Gasteiger partial charge in [0, 0.05) is 22.8 Å². The van der Waals surface area contributed by atoms with Gasteiger partial charge in [-0.05, 0) is 35.4 Å². The Morgan fingerprint density at radius 3 is 2.69 bits per heavy atom. The summed E-state index contributed by atoms with van der Waals surface area (Å²) in [5.41, 5.74) is 2.09. The maximum atomic E-state index is 13.4. The number of thiophene rings is 1. The Morgan fingerprint density at radius 2 is 2.03 bits per heavy atom. The van der Waals surface area contributed by atoms with Crippen LogP contribution in [0.15, 0.2) is 42.5 Å². The van der Waals surface area contributed by atoms with Crippen LogP contribution in [0.2, 0.25) is 0 Å². The summed E-state index contributed by atoms with van der Waals surface area (Å²) in [5.74, 6) is 1.14. The van der Waals surface area contributed by atoms with E-state index in [4.69, 9.17) is 15.9 Å². The van der Waals surface area contributed by atoms with Gasteiger partial charge < -0.3 is 19.9 Å². The van der Waals surface area contributed by atoms with Crippen molar-refractivity contribution in [2.75, 3.05) is 19.0 Å². The smallest absolute Gasteiger partial charge is 0.346 e. The monoisotopic (exact) mass is 451 g/mol. The number of rotatable bonds is 6. The largest absolute Gasteiger partial charge is 0.493 e. The van der Waals surface area contributed by atoms with Gasteiger partial charge in [-0.1, -0.05) is 24.1 Å². The predicted molar refractivity (Wildman–Crippen MR) is 119 cm³/mol. The zero-order valence-electron chi connectivity index (χ0n) is 17.0. The molecule has 0 radical (unpaired) electrons. The van der Waals surface area contributed by atoms with Crippen LogP contribution in [0.25, 0.3) is 11.1 Å². The number of carboxylic acid groups (broad SMARTS) is 1. The Hall–Kier alpha value is -3.83. The van der Waals surface area contributed by atoms with Crippen LogP contribution in [0.3, 0.4) is 0 Å². The number of carboxylic acids is 1. The Bertz CT molecular complexity index is 1240. The molecule has 8 heteroatoms. The SMILES string of the molecule is C#CCOc1ccc([C@H]2CC(=O)Nc3c2sc(C(=O)O)c3-c2ccc(F)cc2)cc1OC. The van der Waals surface area contributed by atoms with E-state index < -0.39 is 11.8 Å². The van der Waals surface area contributed by atoms with E-state index in [9.17, 15) is 19.1 Å². The number of fused-ring (bicyclic) bond motifs is 1. The van der Waals surface area contributed by atoms with Gasteiger partial charge in [-0.15, -0.1) is 17.8 Å². The lowest BCUT2D eigenvalue weighted by atomic mass is 9.88. The Kier molecular flexibility index (Phi) is 5.84. The molecule has 1 atom stereocenters. The van der Waals surface area contributed by atoms with Crippen molar-refractivity contribution < 1.29 is 28.6 Å². The summed E-state index contributed by atoms with van der Waals surface area (Å²) >= 11 is 1.10. The molecule has 0 aliphatic carbocycles. The van der Waals surface area contributed by atoms with E-state index in [-0.39, 0.29) is 29.7 Å². The first-order valence-electron chi connectivity index (χ1n) is 9.63. The summed E-state index contributed by atoms with van der Waals surface area (Å²) in [6.07, 6.45) is 5.39. The van der Waals surface area contributed by atoms with Gasteiger partial charge in [-0.2, -0.15) is 0 Å². The maximum Gasteiger partial charge on any atom is 0.346 e. The second kappa shape index (κ2) is 8.73. The highest BCUT2D eigenvalue weighted by molar-refractivity contribution is 7.15. The molecule has 0 unspecified atom stereocenters. The van der Waals surface area contributed by atoms with Crippen molar-refractivity contribution in [2.24, 2.45) is 0 Å². The van der Waals surface area contributed by atoms with Crippen LogP contribution < -0.4 is 14.8 Å². The van der Waals surface area contributed by atoms with Gasteiger partial charge in [0.1, 0.15) is 17.3 Å². The van der Waals surface area contributed by atoms with Gasteiger partial charge in [-0.3, -0.25) is 4.79 Å². The fourth-order valence-corrected chi connectivity index (χ4v) is 4.98. The zero-order chi connectivity index (χ0) is 22.8. The highest BCUT2D eigenvalue weighted by Gasteiger charge is 2.34. The molecular weight excluding hydrogens is 433 g/mol. The minimum Gasteiger partial charge on any atom is -0.493 e. The number of hydrogen-bond donors (Lipinski definition) is 2. The van der Waals surface area contributed by atoms with Crippen molar-refractivity contribution in [1.82, 2.24) is 0 Å². The van der Waals surface area contributed by atoms with Crippen molar-refractivity contribution in [3.63, 3.8) is 0 Å². The van der Waals surface area contributed by atoms with Crippen LogP contribution in [0.5, 0.6) is 11.5 Å². The first-order valence-corrected chi connectivity index (χ1v) is 10.4. The molecule has 3 aromatic rings. The summed E-state index contributed by atoms with van der Waals surface area (Å²) in [4.78, 5) is 25.4. The number of benzene rings is 2. The third-order valence-electron chi connectivity index (χ3n) is 5.13. The molecule has 2 heterocycles. The number of nitrogens with one attached hydrogen (secondary N) is 1. The van der Waals surface area contributed by atoms with Crippen molar-refractivity contribution in [3.8, 4) is 35.0 Å². The van der Waals surface area contributed by atoms with Crippen molar-refractivity contribution >= 4 is 28.9 Å². The summed E-state index contributed by atoms with van der Waals surface area (Å²) in [6.45, 7) is 0.0830. The number of amides is 1. The van der Waals surface area contributed by atoms with E-state index in [2.05, 4.69) is 11.2 Å². The van der Waals surface area contributed by atoms with E-state index in [0.29, 0.717) is 33.2 Å². The predicted octanol–water partition coefficient (Wildman–Crippen LogP) is 4.75. The summed E-state index contributed by atoms with van der Waals surface area (Å²) in [5, 5.41) is 12.6. The van der Waals surface area contributed by atoms with Crippen LogP contribution in [-0.4, -0.2) is 30.7 Å². The van der Waals surface area contributed by atoms with Crippen molar-refractivity contribution in [1.29, 1.82) is 0 Å². The maximum absolute atomic E-state index is 13.4. The number of ether oxygens (including phenoxy) is 2. The molecule has 4 rings (SSSR count). The topological polar surface area (TPSA) is 84.9 Å². The fourth-order valence-electron chi connectivity index (χ4n) is 3.74. The molecule has 1 aliphatic heterocycles. The lowest BCUT2D eigenvalue weighted by Gasteiger charge is -2.24. The Balaban J connectivity index is 1.85. The van der Waals surface area contributed by atoms with E-state index in [1.807, 2.05) is 0 Å². The molecule has 1 aliphatic rings. The number of aromatic carboxylic acids is 1. The molecular formula is C24H18FNO5S. The first-order chi connectivity index (χ1) is 15.4. The van der Waals surface area contributed by atoms with Crippen LogP contribution >= 0.6 is 11.3 Å². The standard InChI is InChI=1S/C24H18FNO5S/c1-3-10-31-17-9-6-14(11-18(17)30-2)16-12-19(27)26-21-20(13-4-7-15(25)8-5-13)23(24(28)29)32-22(16)21/h1,4-9,11,16H,10,12H2,2H3,(H,26,27)(H,28,29)/t16-/m1/s1. The van der Waals surface area contributed by atoms with E-state index in [0.717, 1.165) is 16.9 Å². The minimum atomic E-state index is -1.12. The average Bonchev–Trinajstić information content (AvgIpc) is 3.17. The number of carbonyl (C=O) groups excluding carboxylic acids is 1. The summed E-state index contributed by atoms with van der Waals surface area (Å²) in [6, 6.07) is 10.8. The third-order valence-corrected chi connectivity index (χ3v) is 6.43. The number of methoxy groups -OCH3 is 1. The summed E-state index contributed by atoms with van der Waals surface area (Å²) < 4.78 is 24.3. The highest BCUT2D eigenvalue weighted by Crippen LogP contribution is 2.50. The number of hydrogen-bond acceptors (Lipinski definition) is 5. The summed E-state index contributed by atoms with van der Waals surface area (Å²) in [7, 11) is 1.50. The lowest BCUT2D eigenvalue weighted by Crippen LogP contribution is -2.22. The van der Waals surface area contributed by atoms with E-state index in [1.54, 1.807) is 18.2 Å². The minimum absolute atomic E-state index is 0.0785. The van der Waals surface area contributed by atoms with Gasteiger partial charge in [-0.25, -0.2) is 9.18 Å². The number of terminal acetylenes is 1. The van der Waals surface area contributed by atoms with E-state index in [1.165, 1.54) is 31.4 Å². The second-order valence-electron chi connectivity index (χ2n) is 7.07. The lowest BCUT2D eigenvalue weighted by molar-refractivity contribution is -0.116. The fraction of sp³-hybridized carbons (Fsp3) is 0.167. The molecule has 162 valence electrons. The molecule has 1 amide bonds. The van der Waals surface area contributed by atoms with Crippen LogP contribution in [0.1, 0.15) is 32.5 Å². The van der Waals surface area contributed by atoms with Crippen LogP contribution in [0, 0.1) is 18.2 Å². The second-order valence-corrected chi connectivity index (χ2v) is 8.12. The first kappa shape index (κ1) is 21.4. The van der Waals surface area contributed by atoms with Gasteiger partial charge in [0.2, 0.25) is 5.91 Å². The number of carbonyl (C=O) groups is 2. The van der Waals surface area contributed by atoms with Gasteiger partial charge in [0.05, 0.1) is 12.8 Å².